The zero-order valence-electron chi connectivity index (χ0n) is 12.6. The third kappa shape index (κ3) is 3.00. The van der Waals surface area contributed by atoms with E-state index in [1.165, 1.54) is 0 Å². The number of rotatable bonds is 4. The summed E-state index contributed by atoms with van der Waals surface area (Å²) in [5.41, 5.74) is -0.241. The smallest absolute Gasteiger partial charge is 0.321 e. The van der Waals surface area contributed by atoms with Crippen LogP contribution in [0.4, 0.5) is 0 Å². The number of carboxylic acid groups (broad SMARTS) is 1. The summed E-state index contributed by atoms with van der Waals surface area (Å²) < 4.78 is 5.18. The standard InChI is InChI=1S/C14H23N3O3/c1-9(2)12-15-10(16-20-12)8-17-7-5-6-14(3,4)11(17)13(18)19/h9,11H,5-8H2,1-4H3,(H,18,19). The molecule has 1 aliphatic heterocycles. The number of aromatic nitrogens is 2. The molecule has 0 saturated carbocycles. The van der Waals surface area contributed by atoms with Crippen molar-refractivity contribution in [3.63, 3.8) is 0 Å². The Morgan fingerprint density at radius 2 is 2.25 bits per heavy atom. The van der Waals surface area contributed by atoms with Crippen molar-refractivity contribution in [3.8, 4) is 0 Å². The fourth-order valence-corrected chi connectivity index (χ4v) is 2.91. The molecule has 0 aromatic carbocycles. The number of hydrogen-bond donors (Lipinski definition) is 1. The Morgan fingerprint density at radius 3 is 2.80 bits per heavy atom. The first kappa shape index (κ1) is 15.0. The van der Waals surface area contributed by atoms with E-state index in [1.54, 1.807) is 0 Å². The summed E-state index contributed by atoms with van der Waals surface area (Å²) in [5, 5.41) is 13.5. The van der Waals surface area contributed by atoms with Crippen LogP contribution in [-0.2, 0) is 11.3 Å². The summed E-state index contributed by atoms with van der Waals surface area (Å²) in [7, 11) is 0. The van der Waals surface area contributed by atoms with Crippen LogP contribution in [0.1, 0.15) is 58.2 Å². The van der Waals surface area contributed by atoms with Gasteiger partial charge in [0.2, 0.25) is 5.89 Å². The molecule has 2 heterocycles. The first-order chi connectivity index (χ1) is 9.31. The first-order valence-corrected chi connectivity index (χ1v) is 7.10. The highest BCUT2D eigenvalue weighted by Gasteiger charge is 2.42. The van der Waals surface area contributed by atoms with Crippen LogP contribution in [0.15, 0.2) is 4.52 Å². The molecule has 0 amide bonds. The van der Waals surface area contributed by atoms with Crippen LogP contribution >= 0.6 is 0 Å². The number of nitrogens with zero attached hydrogens (tertiary/aromatic N) is 3. The van der Waals surface area contributed by atoms with Crippen molar-refractivity contribution in [1.82, 2.24) is 15.0 Å². The molecular formula is C14H23N3O3. The second-order valence-corrected chi connectivity index (χ2v) is 6.51. The van der Waals surface area contributed by atoms with Gasteiger partial charge in [-0.3, -0.25) is 9.69 Å². The Labute approximate surface area is 119 Å². The maximum absolute atomic E-state index is 11.6. The molecule has 0 spiro atoms. The molecule has 0 bridgehead atoms. The molecule has 6 nitrogen and oxygen atoms in total. The van der Waals surface area contributed by atoms with E-state index in [-0.39, 0.29) is 11.3 Å². The van der Waals surface area contributed by atoms with E-state index in [4.69, 9.17) is 4.52 Å². The fraction of sp³-hybridized carbons (Fsp3) is 0.786. The molecule has 1 aromatic heterocycles. The minimum atomic E-state index is -0.776. The van der Waals surface area contributed by atoms with Crippen LogP contribution in [0.3, 0.4) is 0 Å². The van der Waals surface area contributed by atoms with Crippen molar-refractivity contribution in [2.45, 2.75) is 59.0 Å². The molecule has 1 N–H and O–H groups in total. The van der Waals surface area contributed by atoms with Gasteiger partial charge in [-0.1, -0.05) is 32.9 Å². The molecule has 0 radical (unpaired) electrons. The zero-order chi connectivity index (χ0) is 14.9. The average molecular weight is 281 g/mol. The minimum Gasteiger partial charge on any atom is -0.480 e. The fourth-order valence-electron chi connectivity index (χ4n) is 2.91. The van der Waals surface area contributed by atoms with Gasteiger partial charge in [-0.15, -0.1) is 0 Å². The number of carbonyl (C=O) groups is 1. The minimum absolute atomic E-state index is 0.185. The highest BCUT2D eigenvalue weighted by molar-refractivity contribution is 5.74. The SMILES string of the molecule is CC(C)c1nc(CN2CCCC(C)(C)C2C(=O)O)no1. The molecule has 1 aliphatic rings. The molecule has 1 atom stereocenters. The van der Waals surface area contributed by atoms with Gasteiger partial charge in [0.05, 0.1) is 6.54 Å². The summed E-state index contributed by atoms with van der Waals surface area (Å²) in [6.07, 6.45) is 1.91. The molecule has 2 rings (SSSR count). The lowest BCUT2D eigenvalue weighted by Gasteiger charge is -2.43. The molecule has 112 valence electrons. The highest BCUT2D eigenvalue weighted by atomic mass is 16.5. The maximum Gasteiger partial charge on any atom is 0.321 e. The molecule has 1 saturated heterocycles. The van der Waals surface area contributed by atoms with E-state index >= 15 is 0 Å². The van der Waals surface area contributed by atoms with E-state index in [2.05, 4.69) is 10.1 Å². The monoisotopic (exact) mass is 281 g/mol. The summed E-state index contributed by atoms with van der Waals surface area (Å²) in [6.45, 7) is 9.17. The Hall–Kier alpha value is -1.43. The number of hydrogen-bond acceptors (Lipinski definition) is 5. The van der Waals surface area contributed by atoms with Gasteiger partial charge in [-0.05, 0) is 24.8 Å². The van der Waals surface area contributed by atoms with Gasteiger partial charge in [-0.2, -0.15) is 4.98 Å². The van der Waals surface area contributed by atoms with Crippen LogP contribution in [-0.4, -0.2) is 38.7 Å². The third-order valence-corrected chi connectivity index (χ3v) is 3.93. The number of likely N-dealkylation sites (tertiary alicyclic amines) is 1. The Bertz CT molecular complexity index is 482. The predicted octanol–water partition coefficient (Wildman–Crippen LogP) is 2.27. The Morgan fingerprint density at radius 1 is 1.55 bits per heavy atom. The molecule has 1 fully saturated rings. The van der Waals surface area contributed by atoms with Crippen molar-refractivity contribution < 1.29 is 14.4 Å². The predicted molar refractivity (Wildman–Crippen MR) is 73.2 cm³/mol. The van der Waals surface area contributed by atoms with Crippen LogP contribution in [0.2, 0.25) is 0 Å². The van der Waals surface area contributed by atoms with E-state index < -0.39 is 12.0 Å². The average Bonchev–Trinajstić information content (AvgIpc) is 2.75. The van der Waals surface area contributed by atoms with Gasteiger partial charge < -0.3 is 9.63 Å². The van der Waals surface area contributed by atoms with Crippen LogP contribution < -0.4 is 0 Å². The number of carboxylic acids is 1. The van der Waals surface area contributed by atoms with Gasteiger partial charge in [0.1, 0.15) is 6.04 Å². The van der Waals surface area contributed by atoms with Crippen LogP contribution in [0.5, 0.6) is 0 Å². The van der Waals surface area contributed by atoms with Gasteiger partial charge in [0.25, 0.3) is 0 Å². The molecule has 20 heavy (non-hydrogen) atoms. The second kappa shape index (κ2) is 5.52. The summed E-state index contributed by atoms with van der Waals surface area (Å²) >= 11 is 0. The third-order valence-electron chi connectivity index (χ3n) is 3.93. The van der Waals surface area contributed by atoms with Gasteiger partial charge in [-0.25, -0.2) is 0 Å². The zero-order valence-corrected chi connectivity index (χ0v) is 12.6. The van der Waals surface area contributed by atoms with Crippen molar-refractivity contribution >= 4 is 5.97 Å². The van der Waals surface area contributed by atoms with Crippen molar-refractivity contribution in [2.75, 3.05) is 6.54 Å². The lowest BCUT2D eigenvalue weighted by atomic mass is 9.76. The van der Waals surface area contributed by atoms with E-state index in [1.807, 2.05) is 32.6 Å². The molecular weight excluding hydrogens is 258 g/mol. The van der Waals surface area contributed by atoms with E-state index in [0.29, 0.717) is 18.3 Å². The summed E-state index contributed by atoms with van der Waals surface area (Å²) in [4.78, 5) is 17.9. The van der Waals surface area contributed by atoms with Gasteiger partial charge in [0, 0.05) is 5.92 Å². The first-order valence-electron chi connectivity index (χ1n) is 7.10. The van der Waals surface area contributed by atoms with Crippen molar-refractivity contribution in [2.24, 2.45) is 5.41 Å². The maximum atomic E-state index is 11.6. The van der Waals surface area contributed by atoms with Gasteiger partial charge >= 0.3 is 5.97 Å². The molecule has 1 unspecified atom stereocenters. The quantitative estimate of drug-likeness (QED) is 0.912. The lowest BCUT2D eigenvalue weighted by Crippen LogP contribution is -2.53. The van der Waals surface area contributed by atoms with Crippen molar-refractivity contribution in [3.05, 3.63) is 11.7 Å². The molecule has 1 aromatic rings. The summed E-state index contributed by atoms with van der Waals surface area (Å²) in [5.74, 6) is 0.576. The van der Waals surface area contributed by atoms with E-state index in [0.717, 1.165) is 19.4 Å². The number of piperidine rings is 1. The summed E-state index contributed by atoms with van der Waals surface area (Å²) in [6, 6.07) is -0.503. The normalized spacial score (nSPS) is 23.1. The molecule has 6 heteroatoms. The van der Waals surface area contributed by atoms with Crippen LogP contribution in [0.25, 0.3) is 0 Å². The second-order valence-electron chi connectivity index (χ2n) is 6.51. The lowest BCUT2D eigenvalue weighted by molar-refractivity contribution is -0.151. The van der Waals surface area contributed by atoms with E-state index in [9.17, 15) is 9.90 Å². The Balaban J connectivity index is 2.15. The van der Waals surface area contributed by atoms with Crippen LogP contribution in [0, 0.1) is 5.41 Å². The highest BCUT2D eigenvalue weighted by Crippen LogP contribution is 2.35. The van der Waals surface area contributed by atoms with Crippen molar-refractivity contribution in [1.29, 1.82) is 0 Å². The topological polar surface area (TPSA) is 79.5 Å². The largest absolute Gasteiger partial charge is 0.480 e. The van der Waals surface area contributed by atoms with Gasteiger partial charge in [0.15, 0.2) is 5.82 Å². The Kier molecular flexibility index (Phi) is 4.13. The molecule has 0 aliphatic carbocycles. The number of aliphatic carboxylic acids is 1.